The molecule has 25 heavy (non-hydrogen) atoms. The first-order valence-corrected chi connectivity index (χ1v) is 9.15. The summed E-state index contributed by atoms with van der Waals surface area (Å²) in [5.74, 6) is 0.686. The predicted octanol–water partition coefficient (Wildman–Crippen LogP) is 2.47. The highest BCUT2D eigenvalue weighted by atomic mass is 35.5. The molecule has 1 aromatic carbocycles. The van der Waals surface area contributed by atoms with Crippen molar-refractivity contribution in [1.82, 2.24) is 19.2 Å². The van der Waals surface area contributed by atoms with E-state index in [0.29, 0.717) is 24.7 Å². The van der Waals surface area contributed by atoms with Crippen LogP contribution in [0.15, 0.2) is 29.1 Å². The van der Waals surface area contributed by atoms with Gasteiger partial charge in [0.05, 0.1) is 0 Å². The molecular formula is C18H23ClN4O2. The van der Waals surface area contributed by atoms with Crippen LogP contribution in [0.1, 0.15) is 37.6 Å². The summed E-state index contributed by atoms with van der Waals surface area (Å²) in [6.45, 7) is 3.63. The lowest BCUT2D eigenvalue weighted by atomic mass is 10.2. The lowest BCUT2D eigenvalue weighted by Gasteiger charge is -2.21. The Morgan fingerprint density at radius 3 is 2.92 bits per heavy atom. The molecule has 2 heterocycles. The molecule has 0 fully saturated rings. The first-order valence-electron chi connectivity index (χ1n) is 8.77. The topological polar surface area (TPSA) is 60.1 Å². The van der Waals surface area contributed by atoms with Crippen LogP contribution in [-0.2, 0) is 30.8 Å². The fourth-order valence-corrected chi connectivity index (χ4v) is 3.40. The minimum Gasteiger partial charge on any atom is -0.337 e. The van der Waals surface area contributed by atoms with Gasteiger partial charge in [-0.3, -0.25) is 9.36 Å². The number of rotatable bonds is 5. The van der Waals surface area contributed by atoms with E-state index in [4.69, 9.17) is 11.6 Å². The van der Waals surface area contributed by atoms with Gasteiger partial charge in [-0.2, -0.15) is 5.10 Å². The molecule has 6 nitrogen and oxygen atoms in total. The number of halogens is 1. The van der Waals surface area contributed by atoms with Gasteiger partial charge < -0.3 is 4.90 Å². The number of benzene rings is 1. The highest BCUT2D eigenvalue weighted by molar-refractivity contribution is 6.30. The zero-order valence-electron chi connectivity index (χ0n) is 14.4. The van der Waals surface area contributed by atoms with Crippen LogP contribution in [0.3, 0.4) is 0 Å². The summed E-state index contributed by atoms with van der Waals surface area (Å²) in [6, 6.07) is 7.46. The third-order valence-electron chi connectivity index (χ3n) is 4.56. The van der Waals surface area contributed by atoms with Crippen molar-refractivity contribution < 1.29 is 4.79 Å². The van der Waals surface area contributed by atoms with Gasteiger partial charge in [0.25, 0.3) is 0 Å². The lowest BCUT2D eigenvalue weighted by molar-refractivity contribution is -0.132. The fraction of sp³-hybridized carbons (Fsp3) is 0.500. The van der Waals surface area contributed by atoms with Crippen LogP contribution in [0.25, 0.3) is 0 Å². The molecule has 1 aromatic heterocycles. The van der Waals surface area contributed by atoms with Crippen molar-refractivity contribution in [3.8, 4) is 0 Å². The molecule has 0 bridgehead atoms. The SMILES string of the molecule is CCN(Cc1cccc(Cl)c1)C(=O)Cn1nc2n(c1=O)CCCCC2. The molecule has 1 aliphatic rings. The summed E-state index contributed by atoms with van der Waals surface area (Å²) in [5, 5.41) is 5.03. The quantitative estimate of drug-likeness (QED) is 0.821. The van der Waals surface area contributed by atoms with Crippen LogP contribution in [0.4, 0.5) is 0 Å². The van der Waals surface area contributed by atoms with Crippen LogP contribution in [-0.4, -0.2) is 31.7 Å². The number of fused-ring (bicyclic) bond motifs is 1. The summed E-state index contributed by atoms with van der Waals surface area (Å²) in [7, 11) is 0. The van der Waals surface area contributed by atoms with Crippen molar-refractivity contribution >= 4 is 17.5 Å². The zero-order valence-corrected chi connectivity index (χ0v) is 15.2. The van der Waals surface area contributed by atoms with Crippen LogP contribution in [0.5, 0.6) is 0 Å². The fourth-order valence-electron chi connectivity index (χ4n) is 3.19. The Balaban J connectivity index is 1.73. The average Bonchev–Trinajstić information content (AvgIpc) is 2.77. The number of carbonyl (C=O) groups is 1. The van der Waals surface area contributed by atoms with Crippen molar-refractivity contribution in [2.24, 2.45) is 0 Å². The summed E-state index contributed by atoms with van der Waals surface area (Å²) in [6.07, 6.45) is 3.95. The van der Waals surface area contributed by atoms with E-state index in [1.807, 2.05) is 25.1 Å². The van der Waals surface area contributed by atoms with Crippen LogP contribution in [0.2, 0.25) is 5.02 Å². The average molecular weight is 363 g/mol. The molecule has 1 aliphatic heterocycles. The molecule has 0 unspecified atom stereocenters. The van der Waals surface area contributed by atoms with Crippen LogP contribution >= 0.6 is 11.6 Å². The standard InChI is InChI=1S/C18H23ClN4O2/c1-2-21(12-14-7-6-8-15(19)11-14)17(24)13-23-18(25)22-10-5-3-4-9-16(22)20-23/h6-8,11H,2-5,9-10,12-13H2,1H3. The van der Waals surface area contributed by atoms with Crippen molar-refractivity contribution in [2.45, 2.75) is 52.2 Å². The van der Waals surface area contributed by atoms with Gasteiger partial charge in [-0.1, -0.05) is 30.2 Å². The Hall–Kier alpha value is -2.08. The molecule has 134 valence electrons. The van der Waals surface area contributed by atoms with Gasteiger partial charge in [-0.25, -0.2) is 9.48 Å². The number of hydrogen-bond donors (Lipinski definition) is 0. The largest absolute Gasteiger partial charge is 0.346 e. The lowest BCUT2D eigenvalue weighted by Crippen LogP contribution is -2.37. The maximum absolute atomic E-state index is 12.6. The van der Waals surface area contributed by atoms with E-state index >= 15 is 0 Å². The van der Waals surface area contributed by atoms with Crippen molar-refractivity contribution in [1.29, 1.82) is 0 Å². The number of nitrogens with zero attached hydrogens (tertiary/aromatic N) is 4. The normalized spacial score (nSPS) is 14.0. The van der Waals surface area contributed by atoms with Crippen molar-refractivity contribution in [2.75, 3.05) is 6.54 Å². The third-order valence-corrected chi connectivity index (χ3v) is 4.80. The first kappa shape index (κ1) is 17.7. The van der Waals surface area contributed by atoms with Gasteiger partial charge in [0.2, 0.25) is 5.91 Å². The van der Waals surface area contributed by atoms with Crippen molar-refractivity contribution in [3.05, 3.63) is 51.2 Å². The molecule has 0 saturated carbocycles. The number of amides is 1. The van der Waals surface area contributed by atoms with E-state index in [9.17, 15) is 9.59 Å². The maximum Gasteiger partial charge on any atom is 0.346 e. The minimum absolute atomic E-state index is 0.0206. The molecule has 0 spiro atoms. The predicted molar refractivity (Wildman–Crippen MR) is 96.6 cm³/mol. The maximum atomic E-state index is 12.6. The van der Waals surface area contributed by atoms with E-state index in [1.54, 1.807) is 15.5 Å². The van der Waals surface area contributed by atoms with Gasteiger partial charge in [-0.05, 0) is 37.5 Å². The highest BCUT2D eigenvalue weighted by Crippen LogP contribution is 2.13. The highest BCUT2D eigenvalue weighted by Gasteiger charge is 2.19. The van der Waals surface area contributed by atoms with E-state index in [2.05, 4.69) is 5.10 Å². The molecule has 2 aromatic rings. The van der Waals surface area contributed by atoms with Crippen LogP contribution in [0, 0.1) is 0 Å². The molecule has 0 saturated heterocycles. The Morgan fingerprint density at radius 2 is 2.16 bits per heavy atom. The zero-order chi connectivity index (χ0) is 17.8. The number of carbonyl (C=O) groups excluding carboxylic acids is 1. The monoisotopic (exact) mass is 362 g/mol. The molecule has 1 amide bonds. The number of aromatic nitrogens is 3. The molecule has 3 rings (SSSR count). The Labute approximate surface area is 152 Å². The number of hydrogen-bond acceptors (Lipinski definition) is 3. The summed E-state index contributed by atoms with van der Waals surface area (Å²) in [5.41, 5.74) is 0.791. The molecule has 0 radical (unpaired) electrons. The Bertz CT molecular complexity index is 812. The van der Waals surface area contributed by atoms with E-state index in [-0.39, 0.29) is 18.1 Å². The van der Waals surface area contributed by atoms with Gasteiger partial charge >= 0.3 is 5.69 Å². The number of aryl methyl sites for hydroxylation is 1. The van der Waals surface area contributed by atoms with Crippen molar-refractivity contribution in [3.63, 3.8) is 0 Å². The molecule has 0 N–H and O–H groups in total. The van der Waals surface area contributed by atoms with Gasteiger partial charge in [0, 0.05) is 31.1 Å². The van der Waals surface area contributed by atoms with Gasteiger partial charge in [0.15, 0.2) is 0 Å². The summed E-state index contributed by atoms with van der Waals surface area (Å²) in [4.78, 5) is 26.9. The van der Waals surface area contributed by atoms with E-state index < -0.39 is 0 Å². The summed E-state index contributed by atoms with van der Waals surface area (Å²) >= 11 is 6.01. The van der Waals surface area contributed by atoms with Gasteiger partial charge in [0.1, 0.15) is 12.4 Å². The second-order valence-corrected chi connectivity index (χ2v) is 6.79. The molecule has 0 aliphatic carbocycles. The van der Waals surface area contributed by atoms with Gasteiger partial charge in [-0.15, -0.1) is 0 Å². The molecule has 0 atom stereocenters. The molecular weight excluding hydrogens is 340 g/mol. The second-order valence-electron chi connectivity index (χ2n) is 6.36. The Kier molecular flexibility index (Phi) is 5.58. The molecule has 7 heteroatoms. The van der Waals surface area contributed by atoms with Crippen LogP contribution < -0.4 is 5.69 Å². The third kappa shape index (κ3) is 4.12. The smallest absolute Gasteiger partial charge is 0.337 e. The van der Waals surface area contributed by atoms with E-state index in [1.165, 1.54) is 4.68 Å². The number of likely N-dealkylation sites (N-methyl/N-ethyl adjacent to an activating group) is 1. The van der Waals surface area contributed by atoms with E-state index in [0.717, 1.165) is 37.1 Å². The summed E-state index contributed by atoms with van der Waals surface area (Å²) < 4.78 is 3.02. The Morgan fingerprint density at radius 1 is 1.32 bits per heavy atom. The minimum atomic E-state index is -0.177. The second kappa shape index (κ2) is 7.87. The first-order chi connectivity index (χ1) is 12.1.